The van der Waals surface area contributed by atoms with Crippen LogP contribution in [0.1, 0.15) is 6.42 Å². The lowest BCUT2D eigenvalue weighted by Gasteiger charge is -2.20. The van der Waals surface area contributed by atoms with Gasteiger partial charge in [-0.05, 0) is 18.2 Å². The van der Waals surface area contributed by atoms with E-state index in [4.69, 9.17) is 16.7 Å². The highest BCUT2D eigenvalue weighted by molar-refractivity contribution is 9.10. The summed E-state index contributed by atoms with van der Waals surface area (Å²) in [6.07, 6.45) is -0.600. The van der Waals surface area contributed by atoms with Crippen molar-refractivity contribution in [3.05, 3.63) is 27.7 Å². The molecule has 2 rings (SSSR count). The Labute approximate surface area is 134 Å². The van der Waals surface area contributed by atoms with Crippen LogP contribution in [0.4, 0.5) is 5.69 Å². The van der Waals surface area contributed by atoms with E-state index in [2.05, 4.69) is 21.2 Å². The number of likely N-dealkylation sites (tertiary alicyclic amines) is 1. The topological polar surface area (TPSA) is 89.9 Å². The first-order valence-corrected chi connectivity index (χ1v) is 7.43. The Hall–Kier alpha value is -1.15. The third kappa shape index (κ3) is 4.16. The van der Waals surface area contributed by atoms with Crippen LogP contribution in [0.15, 0.2) is 22.7 Å². The average Bonchev–Trinajstić information content (AvgIpc) is 2.74. The summed E-state index contributed by atoms with van der Waals surface area (Å²) >= 11 is 9.27. The lowest BCUT2D eigenvalue weighted by molar-refractivity contribution is -0.142. The van der Waals surface area contributed by atoms with Gasteiger partial charge in [0.25, 0.3) is 0 Å². The first kappa shape index (κ1) is 16.2. The van der Waals surface area contributed by atoms with E-state index in [0.717, 1.165) is 4.47 Å². The van der Waals surface area contributed by atoms with E-state index in [1.807, 2.05) is 0 Å². The van der Waals surface area contributed by atoms with Gasteiger partial charge in [-0.15, -0.1) is 0 Å². The zero-order valence-electron chi connectivity index (χ0n) is 10.9. The molecule has 1 heterocycles. The number of aliphatic hydroxyl groups excluding tert-OH is 1. The molecule has 1 saturated heterocycles. The molecule has 0 spiro atoms. The number of carboxylic acids is 1. The molecule has 1 aliphatic heterocycles. The number of hydrogen-bond acceptors (Lipinski definition) is 4. The molecule has 1 aromatic carbocycles. The highest BCUT2D eigenvalue weighted by Gasteiger charge is 2.36. The number of nitrogens with one attached hydrogen (secondary N) is 1. The van der Waals surface area contributed by atoms with E-state index in [1.165, 1.54) is 4.90 Å². The smallest absolute Gasteiger partial charge is 0.321 e. The molecule has 1 aromatic rings. The van der Waals surface area contributed by atoms with E-state index in [0.29, 0.717) is 10.7 Å². The number of anilines is 1. The van der Waals surface area contributed by atoms with Gasteiger partial charge in [-0.25, -0.2) is 0 Å². The number of carbonyl (C=O) groups excluding carboxylic acids is 1. The van der Waals surface area contributed by atoms with Gasteiger partial charge in [0.15, 0.2) is 0 Å². The Morgan fingerprint density at radius 2 is 2.19 bits per heavy atom. The summed E-state index contributed by atoms with van der Waals surface area (Å²) in [6, 6.07) is 4.20. The van der Waals surface area contributed by atoms with Crippen LogP contribution in [0.25, 0.3) is 0 Å². The van der Waals surface area contributed by atoms with Crippen molar-refractivity contribution < 1.29 is 19.8 Å². The number of β-amino-alcohol motifs (C(OH)–C–C–N with tert-alkyl or cyclic N) is 1. The summed E-state index contributed by atoms with van der Waals surface area (Å²) in [5.41, 5.74) is 0.455. The van der Waals surface area contributed by atoms with Gasteiger partial charge in [0, 0.05) is 17.4 Å². The molecule has 0 saturated carbocycles. The summed E-state index contributed by atoms with van der Waals surface area (Å²) in [7, 11) is 0. The molecular formula is C13H14BrClN2O4. The molecule has 0 aromatic heterocycles. The van der Waals surface area contributed by atoms with Gasteiger partial charge in [-0.1, -0.05) is 27.5 Å². The molecule has 0 bridgehead atoms. The van der Waals surface area contributed by atoms with Crippen molar-refractivity contribution in [2.75, 3.05) is 18.4 Å². The molecular weight excluding hydrogens is 364 g/mol. The molecule has 1 amide bonds. The van der Waals surface area contributed by atoms with Crippen molar-refractivity contribution in [1.29, 1.82) is 0 Å². The average molecular weight is 378 g/mol. The van der Waals surface area contributed by atoms with Crippen LogP contribution in [0, 0.1) is 0 Å². The Balaban J connectivity index is 1.99. The number of carboxylic acid groups (broad SMARTS) is 1. The van der Waals surface area contributed by atoms with Crippen LogP contribution in [0.3, 0.4) is 0 Å². The van der Waals surface area contributed by atoms with Crippen molar-refractivity contribution in [2.45, 2.75) is 18.6 Å². The van der Waals surface area contributed by atoms with E-state index >= 15 is 0 Å². The summed E-state index contributed by atoms with van der Waals surface area (Å²) in [5.74, 6) is -1.42. The second-order valence-electron chi connectivity index (χ2n) is 4.85. The fourth-order valence-corrected chi connectivity index (χ4v) is 3.00. The van der Waals surface area contributed by atoms with Gasteiger partial charge in [0.2, 0.25) is 5.91 Å². The van der Waals surface area contributed by atoms with Crippen LogP contribution < -0.4 is 5.32 Å². The number of benzene rings is 1. The highest BCUT2D eigenvalue weighted by Crippen LogP contribution is 2.26. The maximum absolute atomic E-state index is 12.0. The second-order valence-corrected chi connectivity index (χ2v) is 6.17. The van der Waals surface area contributed by atoms with E-state index < -0.39 is 18.1 Å². The SMILES string of the molecule is O=C(CN1CC(O)CC1C(=O)O)Nc1ccc(Br)cc1Cl. The lowest BCUT2D eigenvalue weighted by Crippen LogP contribution is -2.41. The summed E-state index contributed by atoms with van der Waals surface area (Å²) in [4.78, 5) is 24.5. The molecule has 1 aliphatic rings. The normalized spacial score (nSPS) is 22.2. The predicted octanol–water partition coefficient (Wildman–Crippen LogP) is 1.56. The van der Waals surface area contributed by atoms with E-state index in [1.54, 1.807) is 18.2 Å². The molecule has 8 heteroatoms. The summed E-state index contributed by atoms with van der Waals surface area (Å²) in [5, 5.41) is 21.6. The van der Waals surface area contributed by atoms with Gasteiger partial charge < -0.3 is 15.5 Å². The number of hydrogen-bond donors (Lipinski definition) is 3. The largest absolute Gasteiger partial charge is 0.480 e. The number of rotatable bonds is 4. The van der Waals surface area contributed by atoms with Crippen LogP contribution in [-0.4, -0.2) is 52.2 Å². The molecule has 2 atom stereocenters. The van der Waals surface area contributed by atoms with Gasteiger partial charge in [-0.2, -0.15) is 0 Å². The van der Waals surface area contributed by atoms with Crippen LogP contribution >= 0.6 is 27.5 Å². The molecule has 114 valence electrons. The fraction of sp³-hybridized carbons (Fsp3) is 0.385. The minimum Gasteiger partial charge on any atom is -0.480 e. The number of nitrogens with zero attached hydrogens (tertiary/aromatic N) is 1. The number of carbonyl (C=O) groups is 2. The number of aliphatic hydroxyl groups is 1. The second kappa shape index (κ2) is 6.74. The monoisotopic (exact) mass is 376 g/mol. The van der Waals surface area contributed by atoms with Gasteiger partial charge >= 0.3 is 5.97 Å². The van der Waals surface area contributed by atoms with Crippen molar-refractivity contribution in [2.24, 2.45) is 0 Å². The van der Waals surface area contributed by atoms with Crippen molar-refractivity contribution in [1.82, 2.24) is 4.90 Å². The van der Waals surface area contributed by atoms with Gasteiger partial charge in [-0.3, -0.25) is 14.5 Å². The zero-order chi connectivity index (χ0) is 15.6. The third-order valence-corrected chi connectivity index (χ3v) is 4.02. The standard InChI is InChI=1S/C13H14BrClN2O4/c14-7-1-2-10(9(15)3-7)16-12(19)6-17-5-8(18)4-11(17)13(20)21/h1-3,8,11,18H,4-6H2,(H,16,19)(H,20,21). The van der Waals surface area contributed by atoms with E-state index in [-0.39, 0.29) is 25.4 Å². The zero-order valence-corrected chi connectivity index (χ0v) is 13.3. The molecule has 21 heavy (non-hydrogen) atoms. The number of halogens is 2. The quantitative estimate of drug-likeness (QED) is 0.741. The molecule has 6 nitrogen and oxygen atoms in total. The van der Waals surface area contributed by atoms with Crippen LogP contribution in [-0.2, 0) is 9.59 Å². The molecule has 2 unspecified atom stereocenters. The fourth-order valence-electron chi connectivity index (χ4n) is 2.28. The Morgan fingerprint density at radius 3 is 2.81 bits per heavy atom. The lowest BCUT2D eigenvalue weighted by atomic mass is 10.2. The van der Waals surface area contributed by atoms with Crippen LogP contribution in [0.5, 0.6) is 0 Å². The number of aliphatic carboxylic acids is 1. The van der Waals surface area contributed by atoms with E-state index in [9.17, 15) is 14.7 Å². The molecule has 1 fully saturated rings. The Bertz CT molecular complexity index is 569. The minimum atomic E-state index is -1.04. The first-order chi connectivity index (χ1) is 9.86. The summed E-state index contributed by atoms with van der Waals surface area (Å²) in [6.45, 7) is 0.0544. The van der Waals surface area contributed by atoms with Crippen molar-refractivity contribution in [3.63, 3.8) is 0 Å². The Kier molecular flexibility index (Phi) is 5.21. The molecule has 0 radical (unpaired) electrons. The maximum Gasteiger partial charge on any atom is 0.321 e. The summed E-state index contributed by atoms with van der Waals surface area (Å²) < 4.78 is 0.791. The third-order valence-electron chi connectivity index (χ3n) is 3.22. The first-order valence-electron chi connectivity index (χ1n) is 6.26. The Morgan fingerprint density at radius 1 is 1.48 bits per heavy atom. The molecule has 0 aliphatic carbocycles. The minimum absolute atomic E-state index is 0.111. The number of amides is 1. The van der Waals surface area contributed by atoms with Gasteiger partial charge in [0.05, 0.1) is 23.4 Å². The molecule has 3 N–H and O–H groups in total. The highest BCUT2D eigenvalue weighted by atomic mass is 79.9. The van der Waals surface area contributed by atoms with Crippen molar-refractivity contribution in [3.8, 4) is 0 Å². The maximum atomic E-state index is 12.0. The van der Waals surface area contributed by atoms with Crippen LogP contribution in [0.2, 0.25) is 5.02 Å². The van der Waals surface area contributed by atoms with Gasteiger partial charge in [0.1, 0.15) is 6.04 Å². The van der Waals surface area contributed by atoms with Crippen molar-refractivity contribution >= 4 is 45.1 Å². The predicted molar refractivity (Wildman–Crippen MR) is 81.4 cm³/mol.